The minimum absolute atomic E-state index is 0.0139. The summed E-state index contributed by atoms with van der Waals surface area (Å²) in [6.07, 6.45) is 2.04. The monoisotopic (exact) mass is 230 g/mol. The predicted molar refractivity (Wildman–Crippen MR) is 65.3 cm³/mol. The van der Waals surface area contributed by atoms with Gasteiger partial charge in [-0.1, -0.05) is 6.92 Å². The zero-order valence-corrected chi connectivity index (χ0v) is 10.4. The lowest BCUT2D eigenvalue weighted by molar-refractivity contribution is 0.0383. The van der Waals surface area contributed by atoms with Crippen LogP contribution >= 0.6 is 11.8 Å². The summed E-state index contributed by atoms with van der Waals surface area (Å²) in [6.45, 7) is 7.45. The summed E-state index contributed by atoms with van der Waals surface area (Å²) in [5.41, 5.74) is 6.42. The van der Waals surface area contributed by atoms with Crippen LogP contribution in [-0.2, 0) is 4.74 Å². The molecule has 4 heteroatoms. The van der Waals surface area contributed by atoms with Gasteiger partial charge in [0, 0.05) is 49.4 Å². The van der Waals surface area contributed by atoms with Crippen LogP contribution in [0.1, 0.15) is 19.8 Å². The molecule has 0 aromatic rings. The Morgan fingerprint density at radius 1 is 1.47 bits per heavy atom. The van der Waals surface area contributed by atoms with E-state index in [-0.39, 0.29) is 5.54 Å². The first kappa shape index (κ1) is 11.7. The summed E-state index contributed by atoms with van der Waals surface area (Å²) in [5.74, 6) is 1.26. The van der Waals surface area contributed by atoms with Crippen molar-refractivity contribution in [2.24, 2.45) is 5.73 Å². The standard InChI is InChI=1S/C11H22N2OS/c1-10-8-13(4-7-15-10)9-11(12)2-5-14-6-3-11/h10H,2-9,12H2,1H3. The van der Waals surface area contributed by atoms with Crippen LogP contribution in [0.5, 0.6) is 0 Å². The van der Waals surface area contributed by atoms with Crippen molar-refractivity contribution in [3.05, 3.63) is 0 Å². The first-order valence-electron chi connectivity index (χ1n) is 5.89. The van der Waals surface area contributed by atoms with Gasteiger partial charge in [-0.15, -0.1) is 0 Å². The highest BCUT2D eigenvalue weighted by Gasteiger charge is 2.31. The summed E-state index contributed by atoms with van der Waals surface area (Å²) in [6, 6.07) is 0. The van der Waals surface area contributed by atoms with Crippen molar-refractivity contribution in [1.29, 1.82) is 0 Å². The van der Waals surface area contributed by atoms with Crippen molar-refractivity contribution in [2.45, 2.75) is 30.6 Å². The molecule has 2 rings (SSSR count). The Labute approximate surface area is 96.7 Å². The molecular formula is C11H22N2OS. The van der Waals surface area contributed by atoms with Crippen LogP contribution in [0.25, 0.3) is 0 Å². The van der Waals surface area contributed by atoms with E-state index in [1.807, 2.05) is 0 Å². The first-order valence-corrected chi connectivity index (χ1v) is 6.93. The van der Waals surface area contributed by atoms with E-state index in [1.54, 1.807) is 0 Å². The summed E-state index contributed by atoms with van der Waals surface area (Å²) >= 11 is 2.08. The molecule has 0 bridgehead atoms. The molecule has 3 nitrogen and oxygen atoms in total. The Morgan fingerprint density at radius 3 is 2.87 bits per heavy atom. The van der Waals surface area contributed by atoms with Crippen molar-refractivity contribution in [2.75, 3.05) is 38.6 Å². The van der Waals surface area contributed by atoms with E-state index in [4.69, 9.17) is 10.5 Å². The lowest BCUT2D eigenvalue weighted by Gasteiger charge is -2.40. The van der Waals surface area contributed by atoms with Crippen LogP contribution in [0.3, 0.4) is 0 Å². The summed E-state index contributed by atoms with van der Waals surface area (Å²) in [4.78, 5) is 2.53. The minimum Gasteiger partial charge on any atom is -0.381 e. The van der Waals surface area contributed by atoms with E-state index in [9.17, 15) is 0 Å². The normalized spacial score (nSPS) is 32.8. The summed E-state index contributed by atoms with van der Waals surface area (Å²) in [7, 11) is 0. The molecule has 2 N–H and O–H groups in total. The van der Waals surface area contributed by atoms with Crippen LogP contribution in [0.15, 0.2) is 0 Å². The molecule has 0 spiro atoms. The molecule has 0 aromatic carbocycles. The second kappa shape index (κ2) is 5.04. The van der Waals surface area contributed by atoms with Gasteiger partial charge in [0.2, 0.25) is 0 Å². The van der Waals surface area contributed by atoms with Crippen LogP contribution in [-0.4, -0.2) is 54.3 Å². The maximum Gasteiger partial charge on any atom is 0.0484 e. The summed E-state index contributed by atoms with van der Waals surface area (Å²) in [5, 5.41) is 0.766. The van der Waals surface area contributed by atoms with E-state index in [0.29, 0.717) is 0 Å². The smallest absolute Gasteiger partial charge is 0.0484 e. The first-order chi connectivity index (χ1) is 7.18. The third-order valence-corrected chi connectivity index (χ3v) is 4.49. The molecule has 1 atom stereocenters. The van der Waals surface area contributed by atoms with Gasteiger partial charge in [-0.3, -0.25) is 4.90 Å². The second-order valence-corrected chi connectivity index (χ2v) is 6.44. The van der Waals surface area contributed by atoms with Crippen molar-refractivity contribution in [1.82, 2.24) is 4.90 Å². The van der Waals surface area contributed by atoms with E-state index in [0.717, 1.165) is 37.9 Å². The lowest BCUT2D eigenvalue weighted by atomic mass is 9.90. The molecule has 2 heterocycles. The zero-order valence-electron chi connectivity index (χ0n) is 9.58. The second-order valence-electron chi connectivity index (χ2n) is 4.89. The highest BCUT2D eigenvalue weighted by Crippen LogP contribution is 2.23. The fourth-order valence-electron chi connectivity index (χ4n) is 2.42. The molecule has 0 aliphatic carbocycles. The molecule has 2 saturated heterocycles. The number of nitrogens with two attached hydrogens (primary N) is 1. The van der Waals surface area contributed by atoms with Gasteiger partial charge in [0.05, 0.1) is 0 Å². The molecule has 15 heavy (non-hydrogen) atoms. The molecule has 0 amide bonds. The van der Waals surface area contributed by atoms with Gasteiger partial charge in [-0.25, -0.2) is 0 Å². The molecule has 0 aromatic heterocycles. The quantitative estimate of drug-likeness (QED) is 0.766. The van der Waals surface area contributed by atoms with Crippen LogP contribution < -0.4 is 5.73 Å². The number of hydrogen-bond donors (Lipinski definition) is 1. The third kappa shape index (κ3) is 3.34. The Balaban J connectivity index is 1.83. The minimum atomic E-state index is 0.0139. The molecular weight excluding hydrogens is 208 g/mol. The van der Waals surface area contributed by atoms with Crippen LogP contribution in [0.2, 0.25) is 0 Å². The van der Waals surface area contributed by atoms with Crippen molar-refractivity contribution in [3.8, 4) is 0 Å². The van der Waals surface area contributed by atoms with Crippen molar-refractivity contribution < 1.29 is 4.74 Å². The zero-order chi connectivity index (χ0) is 10.7. The molecule has 88 valence electrons. The average Bonchev–Trinajstić information content (AvgIpc) is 2.18. The van der Waals surface area contributed by atoms with E-state index >= 15 is 0 Å². The molecule has 2 aliphatic heterocycles. The van der Waals surface area contributed by atoms with Gasteiger partial charge in [0.1, 0.15) is 0 Å². The van der Waals surface area contributed by atoms with Gasteiger partial charge in [-0.05, 0) is 12.8 Å². The molecule has 1 unspecified atom stereocenters. The number of nitrogens with zero attached hydrogens (tertiary/aromatic N) is 1. The van der Waals surface area contributed by atoms with Gasteiger partial charge in [-0.2, -0.15) is 11.8 Å². The van der Waals surface area contributed by atoms with Gasteiger partial charge < -0.3 is 10.5 Å². The highest BCUT2D eigenvalue weighted by molar-refractivity contribution is 7.99. The molecule has 2 fully saturated rings. The largest absolute Gasteiger partial charge is 0.381 e. The Hall–Kier alpha value is 0.230. The van der Waals surface area contributed by atoms with Crippen molar-refractivity contribution in [3.63, 3.8) is 0 Å². The van der Waals surface area contributed by atoms with Crippen LogP contribution in [0, 0.1) is 0 Å². The van der Waals surface area contributed by atoms with E-state index in [1.165, 1.54) is 18.8 Å². The number of rotatable bonds is 2. The maximum atomic E-state index is 6.41. The molecule has 0 radical (unpaired) electrons. The van der Waals surface area contributed by atoms with Gasteiger partial charge in [0.25, 0.3) is 0 Å². The highest BCUT2D eigenvalue weighted by atomic mass is 32.2. The fraction of sp³-hybridized carbons (Fsp3) is 1.00. The molecule has 0 saturated carbocycles. The topological polar surface area (TPSA) is 38.5 Å². The number of thioether (sulfide) groups is 1. The van der Waals surface area contributed by atoms with Gasteiger partial charge in [0.15, 0.2) is 0 Å². The predicted octanol–water partition coefficient (Wildman–Crippen LogP) is 0.932. The third-order valence-electron chi connectivity index (χ3n) is 3.35. The number of ether oxygens (including phenoxy) is 1. The van der Waals surface area contributed by atoms with Crippen molar-refractivity contribution >= 4 is 11.8 Å². The van der Waals surface area contributed by atoms with Gasteiger partial charge >= 0.3 is 0 Å². The molecule has 2 aliphatic rings. The SMILES string of the molecule is CC1CN(CC2(N)CCOCC2)CCS1. The summed E-state index contributed by atoms with van der Waals surface area (Å²) < 4.78 is 5.37. The fourth-order valence-corrected chi connectivity index (χ4v) is 3.50. The van der Waals surface area contributed by atoms with Crippen LogP contribution in [0.4, 0.5) is 0 Å². The Morgan fingerprint density at radius 2 is 2.20 bits per heavy atom. The Kier molecular flexibility index (Phi) is 3.93. The lowest BCUT2D eigenvalue weighted by Crippen LogP contribution is -2.55. The number of hydrogen-bond acceptors (Lipinski definition) is 4. The van der Waals surface area contributed by atoms with E-state index in [2.05, 4.69) is 23.6 Å². The average molecular weight is 230 g/mol. The van der Waals surface area contributed by atoms with E-state index < -0.39 is 0 Å². The maximum absolute atomic E-state index is 6.41. The Bertz CT molecular complexity index is 207.